The van der Waals surface area contributed by atoms with Crippen LogP contribution in [-0.2, 0) is 9.59 Å². The molecule has 0 amide bonds. The zero-order valence-electron chi connectivity index (χ0n) is 11.2. The first-order chi connectivity index (χ1) is 9.36. The SMILES string of the molecule is COc1ccnc(C(=S)NC(C)C(=O)O)c1OC(C)=O. The molecule has 1 unspecified atom stereocenters. The lowest BCUT2D eigenvalue weighted by Crippen LogP contribution is -2.38. The number of carboxylic acid groups (broad SMARTS) is 1. The smallest absolute Gasteiger partial charge is 0.325 e. The van der Waals surface area contributed by atoms with Gasteiger partial charge in [0.25, 0.3) is 0 Å². The summed E-state index contributed by atoms with van der Waals surface area (Å²) in [6, 6.07) is 0.603. The highest BCUT2D eigenvalue weighted by Crippen LogP contribution is 2.29. The van der Waals surface area contributed by atoms with Crippen molar-refractivity contribution in [1.29, 1.82) is 0 Å². The van der Waals surface area contributed by atoms with E-state index >= 15 is 0 Å². The van der Waals surface area contributed by atoms with E-state index in [1.165, 1.54) is 33.2 Å². The van der Waals surface area contributed by atoms with Gasteiger partial charge in [-0.2, -0.15) is 0 Å². The molecule has 0 radical (unpaired) electrons. The van der Waals surface area contributed by atoms with Gasteiger partial charge in [-0.25, -0.2) is 4.98 Å². The van der Waals surface area contributed by atoms with Crippen LogP contribution in [-0.4, -0.2) is 40.2 Å². The summed E-state index contributed by atoms with van der Waals surface area (Å²) in [5.41, 5.74) is 0.141. The lowest BCUT2D eigenvalue weighted by molar-refractivity contribution is -0.138. The fourth-order valence-electron chi connectivity index (χ4n) is 1.32. The Morgan fingerprint density at radius 1 is 1.50 bits per heavy atom. The maximum absolute atomic E-state index is 11.1. The van der Waals surface area contributed by atoms with E-state index in [9.17, 15) is 9.59 Å². The summed E-state index contributed by atoms with van der Waals surface area (Å²) in [6.45, 7) is 2.66. The van der Waals surface area contributed by atoms with Crippen molar-refractivity contribution in [3.05, 3.63) is 18.0 Å². The molecule has 0 saturated carbocycles. The number of rotatable bonds is 5. The number of ether oxygens (including phenoxy) is 2. The number of nitrogens with one attached hydrogen (secondary N) is 1. The molecule has 1 aromatic heterocycles. The molecule has 1 atom stereocenters. The van der Waals surface area contributed by atoms with E-state index in [-0.39, 0.29) is 22.2 Å². The molecule has 0 aliphatic heterocycles. The predicted molar refractivity (Wildman–Crippen MR) is 74.0 cm³/mol. The monoisotopic (exact) mass is 298 g/mol. The lowest BCUT2D eigenvalue weighted by atomic mass is 10.2. The zero-order valence-corrected chi connectivity index (χ0v) is 12.0. The molecule has 7 nitrogen and oxygen atoms in total. The van der Waals surface area contributed by atoms with Crippen LogP contribution in [0.3, 0.4) is 0 Å². The van der Waals surface area contributed by atoms with Gasteiger partial charge < -0.3 is 19.9 Å². The van der Waals surface area contributed by atoms with Crippen LogP contribution in [0, 0.1) is 0 Å². The summed E-state index contributed by atoms with van der Waals surface area (Å²) in [5.74, 6) is -1.30. The second-order valence-corrected chi connectivity index (χ2v) is 4.23. The largest absolute Gasteiger partial charge is 0.493 e. The van der Waals surface area contributed by atoms with Gasteiger partial charge in [-0.15, -0.1) is 0 Å². The van der Waals surface area contributed by atoms with Gasteiger partial charge in [0.15, 0.2) is 5.75 Å². The van der Waals surface area contributed by atoms with Crippen molar-refractivity contribution < 1.29 is 24.2 Å². The van der Waals surface area contributed by atoms with Crippen LogP contribution < -0.4 is 14.8 Å². The van der Waals surface area contributed by atoms with Crippen molar-refractivity contribution in [1.82, 2.24) is 10.3 Å². The number of hydrogen-bond donors (Lipinski definition) is 2. The summed E-state index contributed by atoms with van der Waals surface area (Å²) in [5, 5.41) is 11.4. The molecule has 0 aromatic carbocycles. The van der Waals surface area contributed by atoms with Gasteiger partial charge in [0, 0.05) is 19.2 Å². The molecular weight excluding hydrogens is 284 g/mol. The van der Waals surface area contributed by atoms with Crippen LogP contribution in [0.5, 0.6) is 11.5 Å². The van der Waals surface area contributed by atoms with Crippen molar-refractivity contribution in [2.45, 2.75) is 19.9 Å². The van der Waals surface area contributed by atoms with Gasteiger partial charge in [0.2, 0.25) is 5.75 Å². The number of aliphatic carboxylic acids is 1. The van der Waals surface area contributed by atoms with E-state index in [1.807, 2.05) is 0 Å². The molecular formula is C12H14N2O5S. The first kappa shape index (κ1) is 15.8. The van der Waals surface area contributed by atoms with Crippen molar-refractivity contribution in [3.63, 3.8) is 0 Å². The van der Waals surface area contributed by atoms with E-state index in [1.54, 1.807) is 0 Å². The number of hydrogen-bond acceptors (Lipinski definition) is 6. The number of carboxylic acids is 1. The molecule has 0 saturated heterocycles. The van der Waals surface area contributed by atoms with Gasteiger partial charge >= 0.3 is 11.9 Å². The highest BCUT2D eigenvalue weighted by molar-refractivity contribution is 7.80. The summed E-state index contributed by atoms with van der Waals surface area (Å²) in [7, 11) is 1.41. The summed E-state index contributed by atoms with van der Waals surface area (Å²) in [6.07, 6.45) is 1.42. The van der Waals surface area contributed by atoms with E-state index in [0.717, 1.165) is 0 Å². The van der Waals surface area contributed by atoms with Crippen molar-refractivity contribution in [2.75, 3.05) is 7.11 Å². The van der Waals surface area contributed by atoms with Gasteiger partial charge in [-0.1, -0.05) is 12.2 Å². The second-order valence-electron chi connectivity index (χ2n) is 3.82. The van der Waals surface area contributed by atoms with Gasteiger partial charge in [0.05, 0.1) is 7.11 Å². The minimum absolute atomic E-state index is 0.0510. The first-order valence-corrected chi connectivity index (χ1v) is 6.02. The van der Waals surface area contributed by atoms with Gasteiger partial charge in [-0.3, -0.25) is 9.59 Å². The molecule has 2 N–H and O–H groups in total. The van der Waals surface area contributed by atoms with Crippen LogP contribution in [0.1, 0.15) is 19.5 Å². The Morgan fingerprint density at radius 3 is 2.65 bits per heavy atom. The van der Waals surface area contributed by atoms with E-state index in [4.69, 9.17) is 26.8 Å². The number of esters is 1. The number of pyridine rings is 1. The molecule has 0 fully saturated rings. The molecule has 1 aromatic rings. The molecule has 8 heteroatoms. The second kappa shape index (κ2) is 6.80. The van der Waals surface area contributed by atoms with Crippen LogP contribution in [0.15, 0.2) is 12.3 Å². The van der Waals surface area contributed by atoms with Gasteiger partial charge in [0.1, 0.15) is 16.7 Å². The number of methoxy groups -OCH3 is 1. The molecule has 20 heavy (non-hydrogen) atoms. The van der Waals surface area contributed by atoms with E-state index < -0.39 is 18.0 Å². The fourth-order valence-corrected chi connectivity index (χ4v) is 1.64. The molecule has 0 aliphatic rings. The Labute approximate surface area is 120 Å². The quantitative estimate of drug-likeness (QED) is 0.607. The Morgan fingerprint density at radius 2 is 2.15 bits per heavy atom. The van der Waals surface area contributed by atoms with E-state index in [2.05, 4.69) is 10.3 Å². The molecule has 0 bridgehead atoms. The standard InChI is InChI=1S/C12H14N2O5S/c1-6(12(16)17)14-11(20)9-10(19-7(2)15)8(18-3)4-5-13-9/h4-6H,1-3H3,(H,14,20)(H,16,17). The lowest BCUT2D eigenvalue weighted by Gasteiger charge is -2.15. The number of nitrogens with zero attached hydrogens (tertiary/aromatic N) is 1. The Hall–Kier alpha value is -2.22. The minimum Gasteiger partial charge on any atom is -0.493 e. The highest BCUT2D eigenvalue weighted by Gasteiger charge is 2.20. The van der Waals surface area contributed by atoms with Crippen LogP contribution in [0.2, 0.25) is 0 Å². The Kier molecular flexibility index (Phi) is 5.39. The number of aromatic nitrogens is 1. The van der Waals surface area contributed by atoms with Gasteiger partial charge in [-0.05, 0) is 6.92 Å². The van der Waals surface area contributed by atoms with E-state index in [0.29, 0.717) is 0 Å². The number of thiocarbonyl (C=S) groups is 1. The van der Waals surface area contributed by atoms with Crippen LogP contribution in [0.25, 0.3) is 0 Å². The average Bonchev–Trinajstić information content (AvgIpc) is 2.37. The topological polar surface area (TPSA) is 97.8 Å². The third kappa shape index (κ3) is 3.89. The summed E-state index contributed by atoms with van der Waals surface area (Å²) >= 11 is 5.08. The summed E-state index contributed by atoms with van der Waals surface area (Å²) < 4.78 is 10.1. The molecule has 0 spiro atoms. The third-order valence-corrected chi connectivity index (χ3v) is 2.58. The van der Waals surface area contributed by atoms with Crippen molar-refractivity contribution >= 4 is 29.1 Å². The fraction of sp³-hybridized carbons (Fsp3) is 0.333. The molecule has 0 aliphatic carbocycles. The number of carbonyl (C=O) groups is 2. The minimum atomic E-state index is -1.07. The molecule has 1 heterocycles. The predicted octanol–water partition coefficient (Wildman–Crippen LogP) is 0.754. The Balaban J connectivity index is 3.13. The average molecular weight is 298 g/mol. The molecule has 108 valence electrons. The maximum atomic E-state index is 11.1. The maximum Gasteiger partial charge on any atom is 0.325 e. The zero-order chi connectivity index (χ0) is 15.3. The first-order valence-electron chi connectivity index (χ1n) is 5.62. The van der Waals surface area contributed by atoms with Crippen LogP contribution in [0.4, 0.5) is 0 Å². The Bertz CT molecular complexity index is 547. The number of carbonyl (C=O) groups excluding carboxylic acids is 1. The third-order valence-electron chi connectivity index (χ3n) is 2.27. The normalized spacial score (nSPS) is 11.3. The summed E-state index contributed by atoms with van der Waals surface area (Å²) in [4.78, 5) is 26.0. The van der Waals surface area contributed by atoms with Crippen molar-refractivity contribution in [2.24, 2.45) is 0 Å². The van der Waals surface area contributed by atoms with Crippen LogP contribution >= 0.6 is 12.2 Å². The molecule has 1 rings (SSSR count). The highest BCUT2D eigenvalue weighted by atomic mass is 32.1. The van der Waals surface area contributed by atoms with Crippen molar-refractivity contribution in [3.8, 4) is 11.5 Å².